The maximum Gasteiger partial charge on any atom is 1.00 e. The summed E-state index contributed by atoms with van der Waals surface area (Å²) in [5, 5.41) is 0. The van der Waals surface area contributed by atoms with E-state index in [-0.39, 0.29) is 65.3 Å². The normalized spacial score (nSPS) is 7.25. The molecule has 0 fully saturated rings. The molecule has 0 bridgehead atoms. The monoisotopic (exact) mass is 159 g/mol. The molecular weight excluding hydrogens is 156 g/mol. The van der Waals surface area contributed by atoms with Gasteiger partial charge in [-0.25, -0.2) is 0 Å². The summed E-state index contributed by atoms with van der Waals surface area (Å²) in [5.74, 6) is 0. The van der Waals surface area contributed by atoms with Gasteiger partial charge in [-0.1, -0.05) is 0 Å². The fraction of sp³-hybridized carbons (Fsp3) is 0. The summed E-state index contributed by atoms with van der Waals surface area (Å²) >= 11 is 0. The molecule has 0 aliphatic rings. The Morgan fingerprint density at radius 3 is 1.00 bits per heavy atom. The van der Waals surface area contributed by atoms with Crippen molar-refractivity contribution in [2.45, 2.75) is 0 Å². The zero-order valence-corrected chi connectivity index (χ0v) is 9.56. The molecule has 0 aliphatic heterocycles. The van der Waals surface area contributed by atoms with E-state index in [2.05, 4.69) is 0 Å². The minimum absolute atomic E-state index is 0. The van der Waals surface area contributed by atoms with Gasteiger partial charge in [0.05, 0.1) is 0 Å². The van der Waals surface area contributed by atoms with E-state index in [1.807, 2.05) is 0 Å². The van der Waals surface area contributed by atoms with Crippen LogP contribution in [0.2, 0.25) is 0 Å². The average molecular weight is 159 g/mol. The van der Waals surface area contributed by atoms with Crippen LogP contribution in [0.4, 0.5) is 0 Å². The van der Waals surface area contributed by atoms with Crippen LogP contribution in [0.1, 0.15) is 0 Å². The Hall–Kier alpha value is 1.83. The standard InChI is InChI=1S/H3N.2Na.H2O4S/c;;;1-5(2,3)4/h1H3;;;(H2,1,2,3,4)/q;2*+1;/p-2. The van der Waals surface area contributed by atoms with Crippen LogP contribution in [0.5, 0.6) is 0 Å². The molecule has 0 unspecified atom stereocenters. The van der Waals surface area contributed by atoms with E-state index in [1.165, 1.54) is 0 Å². The second-order valence-electron chi connectivity index (χ2n) is 0.408. The molecule has 0 amide bonds. The molecule has 0 saturated carbocycles. The van der Waals surface area contributed by atoms with E-state index >= 15 is 0 Å². The Bertz CT molecular complexity index is 97.2. The van der Waals surface area contributed by atoms with Gasteiger partial charge in [-0.2, -0.15) is 0 Å². The van der Waals surface area contributed by atoms with Crippen molar-refractivity contribution in [3.63, 3.8) is 0 Å². The van der Waals surface area contributed by atoms with Gasteiger partial charge in [0, 0.05) is 10.4 Å². The van der Waals surface area contributed by atoms with Gasteiger partial charge < -0.3 is 15.3 Å². The van der Waals surface area contributed by atoms with Crippen LogP contribution in [-0.4, -0.2) is 17.5 Å². The third kappa shape index (κ3) is 109. The molecule has 40 valence electrons. The molecule has 0 aromatic carbocycles. The van der Waals surface area contributed by atoms with E-state index in [0.29, 0.717) is 0 Å². The zero-order chi connectivity index (χ0) is 4.50. The van der Waals surface area contributed by atoms with Crippen molar-refractivity contribution in [2.75, 3.05) is 0 Å². The third-order valence-electron chi connectivity index (χ3n) is 0. The second kappa shape index (κ2) is 8.83. The van der Waals surface area contributed by atoms with Crippen LogP contribution in [0, 0.1) is 0 Å². The topological polar surface area (TPSA) is 115 Å². The first-order chi connectivity index (χ1) is 2.00. The van der Waals surface area contributed by atoms with Gasteiger partial charge in [0.1, 0.15) is 0 Å². The van der Waals surface area contributed by atoms with Crippen LogP contribution in [0.25, 0.3) is 0 Å². The quantitative estimate of drug-likeness (QED) is 0.214. The van der Waals surface area contributed by atoms with E-state index in [9.17, 15) is 0 Å². The summed E-state index contributed by atoms with van der Waals surface area (Å²) in [6, 6.07) is 0. The van der Waals surface area contributed by atoms with Crippen molar-refractivity contribution in [3.8, 4) is 0 Å². The van der Waals surface area contributed by atoms with Gasteiger partial charge in [0.25, 0.3) is 0 Å². The minimum atomic E-state index is -5.17. The van der Waals surface area contributed by atoms with Crippen molar-refractivity contribution in [1.82, 2.24) is 6.15 Å². The molecule has 8 heteroatoms. The van der Waals surface area contributed by atoms with Crippen LogP contribution in [0.15, 0.2) is 0 Å². The van der Waals surface area contributed by atoms with Crippen LogP contribution >= 0.6 is 0 Å². The fourth-order valence-electron chi connectivity index (χ4n) is 0. The van der Waals surface area contributed by atoms with E-state index in [1.54, 1.807) is 0 Å². The fourth-order valence-corrected chi connectivity index (χ4v) is 0. The van der Waals surface area contributed by atoms with E-state index in [4.69, 9.17) is 17.5 Å². The van der Waals surface area contributed by atoms with Crippen molar-refractivity contribution in [1.29, 1.82) is 0 Å². The minimum Gasteiger partial charge on any atom is -0.759 e. The number of hydrogen-bond donors (Lipinski definition) is 1. The molecule has 0 rings (SSSR count). The first-order valence-corrected chi connectivity index (χ1v) is 2.00. The molecule has 0 aromatic heterocycles. The Morgan fingerprint density at radius 2 is 1.00 bits per heavy atom. The summed E-state index contributed by atoms with van der Waals surface area (Å²) in [4.78, 5) is 0. The Kier molecular flexibility index (Phi) is 24.9. The molecular formula is H3NNa2O4S. The van der Waals surface area contributed by atoms with Crippen LogP contribution in [0.3, 0.4) is 0 Å². The first-order valence-electron chi connectivity index (χ1n) is 0.667. The van der Waals surface area contributed by atoms with E-state index < -0.39 is 10.4 Å². The Balaban J connectivity index is -0.0000000267. The molecule has 8 heavy (non-hydrogen) atoms. The summed E-state index contributed by atoms with van der Waals surface area (Å²) < 4.78 is 34.1. The second-order valence-corrected chi connectivity index (χ2v) is 1.22. The molecule has 0 radical (unpaired) electrons. The maximum absolute atomic E-state index is 8.52. The van der Waals surface area contributed by atoms with Gasteiger partial charge in [0.2, 0.25) is 0 Å². The molecule has 0 spiro atoms. The number of rotatable bonds is 0. The third-order valence-corrected chi connectivity index (χ3v) is 0. The van der Waals surface area contributed by atoms with Gasteiger partial charge >= 0.3 is 59.1 Å². The molecule has 5 nitrogen and oxygen atoms in total. The zero-order valence-electron chi connectivity index (χ0n) is 4.75. The van der Waals surface area contributed by atoms with Crippen molar-refractivity contribution in [3.05, 3.63) is 0 Å². The van der Waals surface area contributed by atoms with Crippen LogP contribution in [-0.2, 0) is 10.4 Å². The summed E-state index contributed by atoms with van der Waals surface area (Å²) in [6.45, 7) is 0. The Labute approximate surface area is 92.0 Å². The molecule has 0 aliphatic carbocycles. The van der Waals surface area contributed by atoms with Crippen molar-refractivity contribution < 1.29 is 76.6 Å². The predicted molar refractivity (Wildman–Crippen MR) is 15.5 cm³/mol. The van der Waals surface area contributed by atoms with E-state index in [0.717, 1.165) is 0 Å². The summed E-state index contributed by atoms with van der Waals surface area (Å²) in [6.07, 6.45) is 0. The SMILES string of the molecule is N.O=S(=O)([O-])[O-].[Na+].[Na+]. The van der Waals surface area contributed by atoms with Gasteiger partial charge in [-0.15, -0.1) is 0 Å². The van der Waals surface area contributed by atoms with Gasteiger partial charge in [-0.3, -0.25) is 8.42 Å². The summed E-state index contributed by atoms with van der Waals surface area (Å²) in [5.41, 5.74) is 0. The van der Waals surface area contributed by atoms with Crippen molar-refractivity contribution in [2.24, 2.45) is 0 Å². The molecule has 0 saturated heterocycles. The predicted octanol–water partition coefficient (Wildman–Crippen LogP) is -7.17. The first kappa shape index (κ1) is 22.5. The van der Waals surface area contributed by atoms with Gasteiger partial charge in [-0.05, 0) is 0 Å². The smallest absolute Gasteiger partial charge is 0.759 e. The van der Waals surface area contributed by atoms with Crippen molar-refractivity contribution >= 4 is 10.4 Å². The molecule has 0 atom stereocenters. The largest absolute Gasteiger partial charge is 1.00 e. The average Bonchev–Trinajstić information content (AvgIpc) is 0.722. The van der Waals surface area contributed by atoms with Gasteiger partial charge in [0.15, 0.2) is 0 Å². The molecule has 0 aromatic rings. The Morgan fingerprint density at radius 1 is 1.00 bits per heavy atom. The van der Waals surface area contributed by atoms with Crippen LogP contribution < -0.4 is 65.3 Å². The number of hydrogen-bond acceptors (Lipinski definition) is 5. The molecule has 3 N–H and O–H groups in total. The maximum atomic E-state index is 8.52. The molecule has 0 heterocycles. The summed E-state index contributed by atoms with van der Waals surface area (Å²) in [7, 11) is -5.17.